The lowest BCUT2D eigenvalue weighted by atomic mass is 10.0. The number of amides is 1. The Labute approximate surface area is 180 Å². The minimum atomic E-state index is -0.181. The third kappa shape index (κ3) is 4.53. The van der Waals surface area contributed by atoms with Gasteiger partial charge in [-0.3, -0.25) is 9.48 Å². The Balaban J connectivity index is 1.72. The van der Waals surface area contributed by atoms with Gasteiger partial charge in [-0.05, 0) is 52.7 Å². The lowest BCUT2D eigenvalue weighted by Gasteiger charge is -2.12. The van der Waals surface area contributed by atoms with Crippen LogP contribution >= 0.6 is 0 Å². The summed E-state index contributed by atoms with van der Waals surface area (Å²) in [7, 11) is 1.85. The summed E-state index contributed by atoms with van der Waals surface area (Å²) in [6.07, 6.45) is 1.85. The molecule has 2 aromatic heterocycles. The predicted molar refractivity (Wildman–Crippen MR) is 118 cm³/mol. The fourth-order valence-electron chi connectivity index (χ4n) is 3.35. The maximum Gasteiger partial charge on any atom is 0.251 e. The second kappa shape index (κ2) is 8.51. The third-order valence-corrected chi connectivity index (χ3v) is 5.02. The van der Waals surface area contributed by atoms with Gasteiger partial charge in [0.2, 0.25) is 0 Å². The number of aromatic nitrogens is 6. The number of tetrazole rings is 1. The highest BCUT2D eigenvalue weighted by molar-refractivity contribution is 5.96. The van der Waals surface area contributed by atoms with E-state index in [0.29, 0.717) is 12.1 Å². The molecule has 1 amide bonds. The highest BCUT2D eigenvalue weighted by Crippen LogP contribution is 2.26. The van der Waals surface area contributed by atoms with E-state index in [2.05, 4.69) is 38.1 Å². The van der Waals surface area contributed by atoms with Crippen molar-refractivity contribution in [1.29, 1.82) is 0 Å². The van der Waals surface area contributed by atoms with Gasteiger partial charge in [0.25, 0.3) is 5.91 Å². The molecule has 4 rings (SSSR count). The van der Waals surface area contributed by atoms with Gasteiger partial charge in [-0.1, -0.05) is 43.7 Å². The van der Waals surface area contributed by atoms with Crippen LogP contribution in [0.2, 0.25) is 0 Å². The van der Waals surface area contributed by atoms with Gasteiger partial charge < -0.3 is 5.32 Å². The first-order chi connectivity index (χ1) is 14.9. The molecule has 158 valence electrons. The maximum atomic E-state index is 13.0. The van der Waals surface area contributed by atoms with Crippen LogP contribution in [-0.2, 0) is 13.6 Å². The van der Waals surface area contributed by atoms with E-state index < -0.39 is 0 Å². The van der Waals surface area contributed by atoms with Crippen molar-refractivity contribution in [3.8, 4) is 16.8 Å². The van der Waals surface area contributed by atoms with Crippen molar-refractivity contribution in [3.05, 3.63) is 77.4 Å². The van der Waals surface area contributed by atoms with Gasteiger partial charge in [-0.25, -0.2) is 0 Å². The maximum absolute atomic E-state index is 13.0. The van der Waals surface area contributed by atoms with Crippen LogP contribution in [0.15, 0.2) is 54.7 Å². The number of rotatable bonds is 6. The van der Waals surface area contributed by atoms with E-state index in [-0.39, 0.29) is 11.8 Å². The molecule has 8 heteroatoms. The molecular formula is C23H25N7O. The minimum absolute atomic E-state index is 0.138. The van der Waals surface area contributed by atoms with Crippen LogP contribution in [0.3, 0.4) is 0 Å². The molecule has 2 aromatic carbocycles. The van der Waals surface area contributed by atoms with Gasteiger partial charge in [-0.2, -0.15) is 9.78 Å². The zero-order chi connectivity index (χ0) is 22.0. The highest BCUT2D eigenvalue weighted by atomic mass is 16.1. The number of nitrogens with zero attached hydrogens (tertiary/aromatic N) is 6. The molecule has 4 aromatic rings. The van der Waals surface area contributed by atoms with Crippen LogP contribution in [0, 0.1) is 6.92 Å². The number of hydrogen-bond acceptors (Lipinski definition) is 5. The van der Waals surface area contributed by atoms with Crippen LogP contribution in [0.25, 0.3) is 16.8 Å². The van der Waals surface area contributed by atoms with E-state index in [1.165, 1.54) is 5.56 Å². The van der Waals surface area contributed by atoms with Crippen molar-refractivity contribution in [1.82, 2.24) is 35.3 Å². The smallest absolute Gasteiger partial charge is 0.251 e. The Hall–Kier alpha value is -3.81. The summed E-state index contributed by atoms with van der Waals surface area (Å²) in [5.74, 6) is 0.695. The van der Waals surface area contributed by atoms with E-state index in [1.807, 2.05) is 70.4 Å². The molecule has 0 aliphatic carbocycles. The third-order valence-electron chi connectivity index (χ3n) is 5.02. The topological polar surface area (TPSA) is 90.5 Å². The second-order valence-electron chi connectivity index (χ2n) is 7.90. The van der Waals surface area contributed by atoms with Crippen LogP contribution < -0.4 is 5.32 Å². The van der Waals surface area contributed by atoms with E-state index in [0.717, 1.165) is 28.3 Å². The molecular weight excluding hydrogens is 390 g/mol. The number of carbonyl (C=O) groups excluding carboxylic acids is 1. The summed E-state index contributed by atoms with van der Waals surface area (Å²) in [5.41, 5.74) is 5.20. The second-order valence-corrected chi connectivity index (χ2v) is 7.90. The minimum Gasteiger partial charge on any atom is -0.346 e. The summed E-state index contributed by atoms with van der Waals surface area (Å²) in [6, 6.07) is 15.8. The molecule has 0 atom stereocenters. The first kappa shape index (κ1) is 20.5. The van der Waals surface area contributed by atoms with Crippen molar-refractivity contribution < 1.29 is 4.79 Å². The Morgan fingerprint density at radius 2 is 1.84 bits per heavy atom. The van der Waals surface area contributed by atoms with Crippen molar-refractivity contribution in [2.24, 2.45) is 7.05 Å². The standard InChI is InChI=1S/C23H25N7O/c1-15(2)22-25-27-28-30(22)21-12-18(17-7-5-16(3)6-8-17)11-19(13-21)23(31)24-14-20-9-10-29(4)26-20/h5-13,15H,14H2,1-4H3,(H,24,31). The normalized spacial score (nSPS) is 11.1. The molecule has 8 nitrogen and oxygen atoms in total. The van der Waals surface area contributed by atoms with Crippen molar-refractivity contribution >= 4 is 5.91 Å². The predicted octanol–water partition coefficient (Wildman–Crippen LogP) is 3.42. The van der Waals surface area contributed by atoms with Crippen LogP contribution in [-0.4, -0.2) is 35.9 Å². The average molecular weight is 416 g/mol. The molecule has 31 heavy (non-hydrogen) atoms. The zero-order valence-corrected chi connectivity index (χ0v) is 18.1. The lowest BCUT2D eigenvalue weighted by Crippen LogP contribution is -2.23. The summed E-state index contributed by atoms with van der Waals surface area (Å²) >= 11 is 0. The molecule has 0 bridgehead atoms. The molecule has 0 unspecified atom stereocenters. The Kier molecular flexibility index (Phi) is 5.62. The van der Waals surface area contributed by atoms with Gasteiger partial charge in [0.05, 0.1) is 17.9 Å². The molecule has 0 aliphatic heterocycles. The van der Waals surface area contributed by atoms with Gasteiger partial charge in [0, 0.05) is 24.7 Å². The fourth-order valence-corrected chi connectivity index (χ4v) is 3.35. The van der Waals surface area contributed by atoms with Gasteiger partial charge in [0.1, 0.15) is 0 Å². The first-order valence-electron chi connectivity index (χ1n) is 10.2. The number of aryl methyl sites for hydroxylation is 2. The first-order valence-corrected chi connectivity index (χ1v) is 10.2. The molecule has 1 N–H and O–H groups in total. The average Bonchev–Trinajstić information content (AvgIpc) is 3.41. The molecule has 0 fully saturated rings. The van der Waals surface area contributed by atoms with Gasteiger partial charge in [0.15, 0.2) is 5.82 Å². The highest BCUT2D eigenvalue weighted by Gasteiger charge is 2.16. The summed E-state index contributed by atoms with van der Waals surface area (Å²) in [5, 5.41) is 19.4. The largest absolute Gasteiger partial charge is 0.346 e. The molecule has 0 saturated heterocycles. The van der Waals surface area contributed by atoms with Crippen molar-refractivity contribution in [2.45, 2.75) is 33.2 Å². The van der Waals surface area contributed by atoms with Crippen LogP contribution in [0.1, 0.15) is 47.2 Å². The van der Waals surface area contributed by atoms with E-state index in [4.69, 9.17) is 0 Å². The quantitative estimate of drug-likeness (QED) is 0.521. The monoisotopic (exact) mass is 415 g/mol. The number of benzene rings is 2. The molecule has 0 aliphatic rings. The number of carbonyl (C=O) groups is 1. The van der Waals surface area contributed by atoms with E-state index >= 15 is 0 Å². The Bertz CT molecular complexity index is 1200. The lowest BCUT2D eigenvalue weighted by molar-refractivity contribution is 0.0950. The zero-order valence-electron chi connectivity index (χ0n) is 18.1. The molecule has 0 radical (unpaired) electrons. The van der Waals surface area contributed by atoms with Gasteiger partial charge >= 0.3 is 0 Å². The summed E-state index contributed by atoms with van der Waals surface area (Å²) < 4.78 is 3.40. The fraction of sp³-hybridized carbons (Fsp3) is 0.261. The van der Waals surface area contributed by atoms with E-state index in [1.54, 1.807) is 9.36 Å². The number of hydrogen-bond donors (Lipinski definition) is 1. The molecule has 0 spiro atoms. The Morgan fingerprint density at radius 3 is 2.52 bits per heavy atom. The summed E-state index contributed by atoms with van der Waals surface area (Å²) in [6.45, 7) is 6.47. The van der Waals surface area contributed by atoms with Crippen LogP contribution in [0.5, 0.6) is 0 Å². The SMILES string of the molecule is Cc1ccc(-c2cc(C(=O)NCc3ccn(C)n3)cc(-n3nnnc3C(C)C)c2)cc1. The van der Waals surface area contributed by atoms with Crippen molar-refractivity contribution in [2.75, 3.05) is 0 Å². The van der Waals surface area contributed by atoms with E-state index in [9.17, 15) is 4.79 Å². The molecule has 0 saturated carbocycles. The summed E-state index contributed by atoms with van der Waals surface area (Å²) in [4.78, 5) is 13.0. The molecule has 2 heterocycles. The van der Waals surface area contributed by atoms with Crippen molar-refractivity contribution in [3.63, 3.8) is 0 Å². The van der Waals surface area contributed by atoms with Gasteiger partial charge in [-0.15, -0.1) is 5.10 Å². The number of nitrogens with one attached hydrogen (secondary N) is 1. The Morgan fingerprint density at radius 1 is 1.06 bits per heavy atom. The van der Waals surface area contributed by atoms with Crippen LogP contribution in [0.4, 0.5) is 0 Å².